The van der Waals surface area contributed by atoms with Crippen LogP contribution in [-0.4, -0.2) is 25.0 Å². The summed E-state index contributed by atoms with van der Waals surface area (Å²) in [5.74, 6) is -1.21. The molecule has 1 aliphatic heterocycles. The molecule has 4 N–H and O–H groups in total. The van der Waals surface area contributed by atoms with Gasteiger partial charge < -0.3 is 25.0 Å². The van der Waals surface area contributed by atoms with Crippen LogP contribution in [0.3, 0.4) is 0 Å². The zero-order valence-corrected chi connectivity index (χ0v) is 11.9. The van der Waals surface area contributed by atoms with Gasteiger partial charge in [0, 0.05) is 12.1 Å². The Morgan fingerprint density at radius 3 is 2.43 bits per heavy atom. The molecule has 0 unspecified atom stereocenters. The maximum atomic E-state index is 12.7. The molecule has 0 fully saturated rings. The third-order valence-electron chi connectivity index (χ3n) is 4.31. The van der Waals surface area contributed by atoms with Crippen molar-refractivity contribution in [2.45, 2.75) is 13.0 Å². The predicted molar refractivity (Wildman–Crippen MR) is 84.0 cm³/mol. The van der Waals surface area contributed by atoms with Gasteiger partial charge in [0.25, 0.3) is 5.56 Å². The second-order valence-electron chi connectivity index (χ2n) is 5.63. The van der Waals surface area contributed by atoms with Gasteiger partial charge in [-0.15, -0.1) is 0 Å². The summed E-state index contributed by atoms with van der Waals surface area (Å²) in [7, 11) is 0. The molecule has 3 aromatic rings. The number of hydrogen-bond acceptors (Lipinski definition) is 5. The highest BCUT2D eigenvalue weighted by Crippen LogP contribution is 2.39. The average Bonchev–Trinajstić information content (AvgIpc) is 2.52. The van der Waals surface area contributed by atoms with Gasteiger partial charge >= 0.3 is 0 Å². The molecule has 1 aliphatic rings. The third kappa shape index (κ3) is 1.78. The first kappa shape index (κ1) is 13.5. The summed E-state index contributed by atoms with van der Waals surface area (Å²) >= 11 is 0. The van der Waals surface area contributed by atoms with Crippen molar-refractivity contribution in [2.24, 2.45) is 0 Å². The number of aromatic hydroxyl groups is 4. The van der Waals surface area contributed by atoms with E-state index in [1.54, 1.807) is 12.1 Å². The third-order valence-corrected chi connectivity index (χ3v) is 4.31. The quantitative estimate of drug-likeness (QED) is 0.476. The van der Waals surface area contributed by atoms with E-state index in [-0.39, 0.29) is 22.6 Å². The Morgan fingerprint density at radius 1 is 0.913 bits per heavy atom. The standard InChI is InChI=1S/C17H13NO5/c19-12-2-1-9-5-11-10-7-14(21)13(20)6-8(10)3-4-18(11)17(23)15(9)16(12)22/h1-2,5-7,19-22H,3-4H2. The lowest BCUT2D eigenvalue weighted by atomic mass is 9.95. The molecule has 116 valence electrons. The maximum Gasteiger partial charge on any atom is 0.262 e. The van der Waals surface area contributed by atoms with Gasteiger partial charge in [0.15, 0.2) is 23.0 Å². The van der Waals surface area contributed by atoms with Crippen LogP contribution < -0.4 is 5.56 Å². The Morgan fingerprint density at radius 2 is 1.65 bits per heavy atom. The van der Waals surface area contributed by atoms with Crippen molar-refractivity contribution in [2.75, 3.05) is 0 Å². The molecule has 0 saturated heterocycles. The van der Waals surface area contributed by atoms with Crippen molar-refractivity contribution >= 4 is 10.8 Å². The first-order valence-electron chi connectivity index (χ1n) is 7.11. The molecule has 4 rings (SSSR count). The fourth-order valence-corrected chi connectivity index (χ4v) is 3.15. The van der Waals surface area contributed by atoms with Gasteiger partial charge in [-0.05, 0) is 41.6 Å². The number of phenols is 4. The Balaban J connectivity index is 2.12. The molecule has 0 saturated carbocycles. The number of nitrogens with zero attached hydrogens (tertiary/aromatic N) is 1. The van der Waals surface area contributed by atoms with Crippen LogP contribution in [0, 0.1) is 0 Å². The molecule has 0 atom stereocenters. The second kappa shape index (κ2) is 4.42. The van der Waals surface area contributed by atoms with Gasteiger partial charge in [-0.3, -0.25) is 4.79 Å². The van der Waals surface area contributed by atoms with Crippen LogP contribution in [-0.2, 0) is 13.0 Å². The van der Waals surface area contributed by atoms with Gasteiger partial charge in [0.2, 0.25) is 0 Å². The summed E-state index contributed by atoms with van der Waals surface area (Å²) in [5.41, 5.74) is 1.70. The highest BCUT2D eigenvalue weighted by Gasteiger charge is 2.22. The number of fused-ring (bicyclic) bond motifs is 4. The Bertz CT molecular complexity index is 1040. The van der Waals surface area contributed by atoms with Crippen LogP contribution >= 0.6 is 0 Å². The molecule has 0 radical (unpaired) electrons. The van der Waals surface area contributed by atoms with E-state index in [2.05, 4.69) is 0 Å². The van der Waals surface area contributed by atoms with E-state index in [4.69, 9.17) is 0 Å². The molecule has 0 bridgehead atoms. The molecule has 6 nitrogen and oxygen atoms in total. The zero-order chi connectivity index (χ0) is 16.3. The smallest absolute Gasteiger partial charge is 0.262 e. The number of benzene rings is 2. The Hall–Kier alpha value is -3.15. The van der Waals surface area contributed by atoms with Gasteiger partial charge in [-0.1, -0.05) is 6.07 Å². The van der Waals surface area contributed by atoms with Crippen LogP contribution in [0.2, 0.25) is 0 Å². The minimum atomic E-state index is -0.429. The number of aryl methyl sites for hydroxylation is 1. The fourth-order valence-electron chi connectivity index (χ4n) is 3.15. The average molecular weight is 311 g/mol. The molecular weight excluding hydrogens is 298 g/mol. The van der Waals surface area contributed by atoms with Crippen LogP contribution in [0.5, 0.6) is 23.0 Å². The molecule has 0 aliphatic carbocycles. The molecule has 0 amide bonds. The molecule has 2 heterocycles. The summed E-state index contributed by atoms with van der Waals surface area (Å²) in [4.78, 5) is 12.7. The summed E-state index contributed by atoms with van der Waals surface area (Å²) < 4.78 is 1.50. The van der Waals surface area contributed by atoms with Crippen molar-refractivity contribution < 1.29 is 20.4 Å². The van der Waals surface area contributed by atoms with Crippen molar-refractivity contribution in [1.82, 2.24) is 4.57 Å². The van der Waals surface area contributed by atoms with E-state index in [9.17, 15) is 25.2 Å². The summed E-state index contributed by atoms with van der Waals surface area (Å²) in [6.07, 6.45) is 0.515. The molecular formula is C17H13NO5. The minimum absolute atomic E-state index is 0.0696. The summed E-state index contributed by atoms with van der Waals surface area (Å²) in [6.45, 7) is 0.385. The molecule has 23 heavy (non-hydrogen) atoms. The lowest BCUT2D eigenvalue weighted by Gasteiger charge is -2.23. The number of hydrogen-bond donors (Lipinski definition) is 4. The molecule has 6 heteroatoms. The van der Waals surface area contributed by atoms with E-state index in [0.29, 0.717) is 29.6 Å². The maximum absolute atomic E-state index is 12.7. The highest BCUT2D eigenvalue weighted by atomic mass is 16.3. The van der Waals surface area contributed by atoms with Gasteiger partial charge in [0.05, 0.1) is 11.1 Å². The van der Waals surface area contributed by atoms with Gasteiger partial charge in [-0.25, -0.2) is 0 Å². The number of aromatic nitrogens is 1. The fraction of sp³-hybridized carbons (Fsp3) is 0.118. The van der Waals surface area contributed by atoms with Crippen molar-refractivity contribution in [3.8, 4) is 34.3 Å². The summed E-state index contributed by atoms with van der Waals surface area (Å²) in [6, 6.07) is 7.54. The van der Waals surface area contributed by atoms with Crippen LogP contribution in [0.15, 0.2) is 35.1 Å². The lowest BCUT2D eigenvalue weighted by molar-refractivity contribution is 0.403. The molecule has 1 aromatic heterocycles. The largest absolute Gasteiger partial charge is 0.504 e. The highest BCUT2D eigenvalue weighted by molar-refractivity contribution is 5.92. The number of rotatable bonds is 0. The van der Waals surface area contributed by atoms with Crippen LogP contribution in [0.25, 0.3) is 22.0 Å². The van der Waals surface area contributed by atoms with Crippen LogP contribution in [0.1, 0.15) is 5.56 Å². The Labute approximate surface area is 130 Å². The minimum Gasteiger partial charge on any atom is -0.504 e. The van der Waals surface area contributed by atoms with E-state index in [1.807, 2.05) is 0 Å². The van der Waals surface area contributed by atoms with Gasteiger partial charge in [0.1, 0.15) is 0 Å². The lowest BCUT2D eigenvalue weighted by Crippen LogP contribution is -2.26. The SMILES string of the molecule is O=c1c2c(O)c(O)ccc2cc2n1CCc1cc(O)c(O)cc1-2. The first-order valence-corrected chi connectivity index (χ1v) is 7.11. The second-order valence-corrected chi connectivity index (χ2v) is 5.63. The predicted octanol–water partition coefficient (Wildman–Crippen LogP) is 2.05. The normalized spacial score (nSPS) is 12.9. The van der Waals surface area contributed by atoms with E-state index >= 15 is 0 Å². The number of phenolic OH excluding ortho intramolecular Hbond substituents is 4. The molecule has 0 spiro atoms. The van der Waals surface area contributed by atoms with Crippen molar-refractivity contribution in [3.63, 3.8) is 0 Å². The Kier molecular flexibility index (Phi) is 2.60. The summed E-state index contributed by atoms with van der Waals surface area (Å²) in [5, 5.41) is 39.5. The topological polar surface area (TPSA) is 103 Å². The van der Waals surface area contributed by atoms with Crippen LogP contribution in [0.4, 0.5) is 0 Å². The zero-order valence-electron chi connectivity index (χ0n) is 11.9. The van der Waals surface area contributed by atoms with Crippen molar-refractivity contribution in [3.05, 3.63) is 46.2 Å². The van der Waals surface area contributed by atoms with Crippen molar-refractivity contribution in [1.29, 1.82) is 0 Å². The molecule has 2 aromatic carbocycles. The van der Waals surface area contributed by atoms with E-state index in [1.165, 1.54) is 22.8 Å². The van der Waals surface area contributed by atoms with E-state index < -0.39 is 11.3 Å². The number of pyridine rings is 1. The van der Waals surface area contributed by atoms with Gasteiger partial charge in [-0.2, -0.15) is 0 Å². The monoisotopic (exact) mass is 311 g/mol. The first-order chi connectivity index (χ1) is 11.0. The van der Waals surface area contributed by atoms with E-state index in [0.717, 1.165) is 5.56 Å².